The average molecular weight is 360 g/mol. The highest BCUT2D eigenvalue weighted by Crippen LogP contribution is 2.17. The van der Waals surface area contributed by atoms with Gasteiger partial charge in [0, 0.05) is 28.3 Å². The fourth-order valence-electron chi connectivity index (χ4n) is 2.91. The van der Waals surface area contributed by atoms with E-state index in [-0.39, 0.29) is 18.3 Å². The maximum Gasteiger partial charge on any atom is 0.256 e. The maximum absolute atomic E-state index is 13.9. The van der Waals surface area contributed by atoms with Crippen LogP contribution in [0.5, 0.6) is 0 Å². The van der Waals surface area contributed by atoms with Crippen molar-refractivity contribution < 1.29 is 9.18 Å². The first-order chi connectivity index (χ1) is 13.1. The molecule has 4 rings (SSSR count). The van der Waals surface area contributed by atoms with Gasteiger partial charge in [-0.2, -0.15) is 5.10 Å². The number of pyridine rings is 1. The molecule has 0 saturated carbocycles. The molecule has 0 spiro atoms. The monoisotopic (exact) mass is 360 g/mol. The lowest BCUT2D eigenvalue weighted by molar-refractivity contribution is 0.102. The summed E-state index contributed by atoms with van der Waals surface area (Å²) in [7, 11) is 0. The van der Waals surface area contributed by atoms with Gasteiger partial charge in [-0.25, -0.2) is 9.07 Å². The lowest BCUT2D eigenvalue weighted by Crippen LogP contribution is -2.16. The number of fused-ring (bicyclic) bond motifs is 1. The van der Waals surface area contributed by atoms with E-state index in [9.17, 15) is 9.18 Å². The molecule has 1 amide bonds. The summed E-state index contributed by atoms with van der Waals surface area (Å²) in [5, 5.41) is 7.92. The van der Waals surface area contributed by atoms with Crippen molar-refractivity contribution in [3.8, 4) is 0 Å². The van der Waals surface area contributed by atoms with Gasteiger partial charge in [0.15, 0.2) is 0 Å². The van der Waals surface area contributed by atoms with E-state index in [4.69, 9.17) is 0 Å². The highest BCUT2D eigenvalue weighted by Gasteiger charge is 2.12. The molecule has 2 aromatic carbocycles. The Bertz CT molecular complexity index is 1140. The third-order valence-corrected chi connectivity index (χ3v) is 4.33. The first-order valence-corrected chi connectivity index (χ1v) is 8.54. The van der Waals surface area contributed by atoms with Crippen LogP contribution in [0, 0.1) is 12.7 Å². The molecule has 6 heteroatoms. The number of carbonyl (C=O) groups excluding carboxylic acids is 1. The Kier molecular flexibility index (Phi) is 4.38. The van der Waals surface area contributed by atoms with Gasteiger partial charge < -0.3 is 5.32 Å². The molecule has 0 bridgehead atoms. The van der Waals surface area contributed by atoms with E-state index in [1.54, 1.807) is 47.3 Å². The van der Waals surface area contributed by atoms with Gasteiger partial charge >= 0.3 is 0 Å². The van der Waals surface area contributed by atoms with Gasteiger partial charge in [0.1, 0.15) is 11.6 Å². The number of rotatable bonds is 4. The topological polar surface area (TPSA) is 59.8 Å². The summed E-state index contributed by atoms with van der Waals surface area (Å²) < 4.78 is 15.4. The molecular weight excluding hydrogens is 343 g/mol. The van der Waals surface area contributed by atoms with E-state index in [0.717, 1.165) is 16.6 Å². The largest absolute Gasteiger partial charge is 0.307 e. The van der Waals surface area contributed by atoms with Crippen LogP contribution in [0.1, 0.15) is 21.6 Å². The van der Waals surface area contributed by atoms with E-state index in [0.29, 0.717) is 16.9 Å². The van der Waals surface area contributed by atoms with Crippen molar-refractivity contribution in [1.82, 2.24) is 14.8 Å². The van der Waals surface area contributed by atoms with Crippen LogP contribution in [-0.2, 0) is 6.54 Å². The summed E-state index contributed by atoms with van der Waals surface area (Å²) >= 11 is 0. The Hall–Kier alpha value is -3.54. The van der Waals surface area contributed by atoms with Crippen molar-refractivity contribution in [1.29, 1.82) is 0 Å². The van der Waals surface area contributed by atoms with Gasteiger partial charge in [0.25, 0.3) is 5.91 Å². The van der Waals surface area contributed by atoms with Gasteiger partial charge in [-0.1, -0.05) is 24.3 Å². The Morgan fingerprint density at radius 2 is 1.96 bits per heavy atom. The maximum atomic E-state index is 13.9. The number of aryl methyl sites for hydroxylation is 1. The van der Waals surface area contributed by atoms with Crippen molar-refractivity contribution in [3.63, 3.8) is 0 Å². The molecule has 0 saturated heterocycles. The molecule has 0 radical (unpaired) electrons. The molecule has 134 valence electrons. The van der Waals surface area contributed by atoms with Gasteiger partial charge in [0.2, 0.25) is 0 Å². The van der Waals surface area contributed by atoms with Crippen molar-refractivity contribution in [3.05, 3.63) is 89.5 Å². The van der Waals surface area contributed by atoms with Crippen molar-refractivity contribution in [2.45, 2.75) is 13.5 Å². The van der Waals surface area contributed by atoms with Crippen LogP contribution in [-0.4, -0.2) is 20.7 Å². The Morgan fingerprint density at radius 3 is 2.81 bits per heavy atom. The van der Waals surface area contributed by atoms with Crippen LogP contribution in [0.2, 0.25) is 0 Å². The molecular formula is C21H17FN4O. The normalized spacial score (nSPS) is 10.9. The summed E-state index contributed by atoms with van der Waals surface area (Å²) in [4.78, 5) is 17.1. The summed E-state index contributed by atoms with van der Waals surface area (Å²) in [6.07, 6.45) is 1.57. The van der Waals surface area contributed by atoms with Crippen LogP contribution >= 0.6 is 0 Å². The fraction of sp³-hybridized carbons (Fsp3) is 0.0952. The summed E-state index contributed by atoms with van der Waals surface area (Å²) in [5.74, 6) is -0.0549. The van der Waals surface area contributed by atoms with E-state index >= 15 is 0 Å². The van der Waals surface area contributed by atoms with Crippen LogP contribution in [0.25, 0.3) is 10.9 Å². The van der Waals surface area contributed by atoms with Crippen molar-refractivity contribution in [2.24, 2.45) is 0 Å². The second kappa shape index (κ2) is 6.99. The fourth-order valence-corrected chi connectivity index (χ4v) is 2.91. The second-order valence-electron chi connectivity index (χ2n) is 6.28. The SMILES string of the molecule is Cc1ccc2cc(C(=O)Nc3ccnn3Cc3ccccc3F)ccc2n1. The van der Waals surface area contributed by atoms with E-state index in [1.807, 2.05) is 25.1 Å². The van der Waals surface area contributed by atoms with Crippen molar-refractivity contribution in [2.75, 3.05) is 5.32 Å². The molecule has 2 aromatic heterocycles. The number of carbonyl (C=O) groups is 1. The van der Waals surface area contributed by atoms with Crippen molar-refractivity contribution >= 4 is 22.6 Å². The van der Waals surface area contributed by atoms with Crippen LogP contribution in [0.4, 0.5) is 10.2 Å². The molecule has 0 aliphatic carbocycles. The number of benzene rings is 2. The molecule has 0 aliphatic rings. The van der Waals surface area contributed by atoms with Gasteiger partial charge in [-0.3, -0.25) is 9.78 Å². The number of amides is 1. The molecule has 27 heavy (non-hydrogen) atoms. The van der Waals surface area contributed by atoms with Crippen LogP contribution < -0.4 is 5.32 Å². The molecule has 0 atom stereocenters. The zero-order valence-corrected chi connectivity index (χ0v) is 14.7. The van der Waals surface area contributed by atoms with E-state index < -0.39 is 0 Å². The zero-order valence-electron chi connectivity index (χ0n) is 14.7. The zero-order chi connectivity index (χ0) is 18.8. The molecule has 1 N–H and O–H groups in total. The summed E-state index contributed by atoms with van der Waals surface area (Å²) in [5.41, 5.74) is 2.79. The molecule has 0 aliphatic heterocycles. The number of aromatic nitrogens is 3. The number of halogens is 1. The summed E-state index contributed by atoms with van der Waals surface area (Å²) in [6, 6.07) is 17.4. The highest BCUT2D eigenvalue weighted by atomic mass is 19.1. The number of nitrogens with one attached hydrogen (secondary N) is 1. The minimum atomic E-state index is -0.303. The molecule has 0 fully saturated rings. The van der Waals surface area contributed by atoms with Gasteiger partial charge in [-0.15, -0.1) is 0 Å². The third-order valence-electron chi connectivity index (χ3n) is 4.33. The Morgan fingerprint density at radius 1 is 1.11 bits per heavy atom. The molecule has 0 unspecified atom stereocenters. The predicted molar refractivity (Wildman–Crippen MR) is 102 cm³/mol. The molecule has 4 aromatic rings. The third kappa shape index (κ3) is 3.55. The van der Waals surface area contributed by atoms with Crippen LogP contribution in [0.15, 0.2) is 66.9 Å². The molecule has 5 nitrogen and oxygen atoms in total. The lowest BCUT2D eigenvalue weighted by Gasteiger charge is -2.10. The highest BCUT2D eigenvalue weighted by molar-refractivity contribution is 6.05. The van der Waals surface area contributed by atoms with Gasteiger partial charge in [-0.05, 0) is 37.3 Å². The van der Waals surface area contributed by atoms with E-state index in [1.165, 1.54) is 6.07 Å². The number of hydrogen-bond acceptors (Lipinski definition) is 3. The standard InChI is InChI=1S/C21H17FN4O/c1-14-6-7-15-12-16(8-9-19(15)24-14)21(27)25-20-10-11-23-26(20)13-17-4-2-3-5-18(17)22/h2-12H,13H2,1H3,(H,25,27). The lowest BCUT2D eigenvalue weighted by atomic mass is 10.1. The quantitative estimate of drug-likeness (QED) is 0.594. The summed E-state index contributed by atoms with van der Waals surface area (Å²) in [6.45, 7) is 2.16. The smallest absolute Gasteiger partial charge is 0.256 e. The van der Waals surface area contributed by atoms with Gasteiger partial charge in [0.05, 0.1) is 18.3 Å². The predicted octanol–water partition coefficient (Wildman–Crippen LogP) is 4.18. The number of anilines is 1. The van der Waals surface area contributed by atoms with E-state index in [2.05, 4.69) is 15.4 Å². The first-order valence-electron chi connectivity index (χ1n) is 8.54. The number of hydrogen-bond donors (Lipinski definition) is 1. The minimum absolute atomic E-state index is 0.232. The Labute approximate surface area is 155 Å². The minimum Gasteiger partial charge on any atom is -0.307 e. The average Bonchev–Trinajstić information content (AvgIpc) is 3.09. The van der Waals surface area contributed by atoms with Crippen LogP contribution in [0.3, 0.4) is 0 Å². The molecule has 2 heterocycles. The Balaban J connectivity index is 1.56. The number of nitrogens with zero attached hydrogens (tertiary/aromatic N) is 3. The first kappa shape index (κ1) is 16.9. The second-order valence-corrected chi connectivity index (χ2v) is 6.28.